The molecule has 0 saturated carbocycles. The van der Waals surface area contributed by atoms with Crippen LogP contribution in [-0.4, -0.2) is 0 Å². The molecular formula is C14H18N2S. The second-order valence-corrected chi connectivity index (χ2v) is 5.13. The highest BCUT2D eigenvalue weighted by Gasteiger charge is 2.14. The van der Waals surface area contributed by atoms with E-state index in [1.165, 1.54) is 21.2 Å². The van der Waals surface area contributed by atoms with Gasteiger partial charge in [0, 0.05) is 4.70 Å². The summed E-state index contributed by atoms with van der Waals surface area (Å²) >= 11 is 1.77. The summed E-state index contributed by atoms with van der Waals surface area (Å²) in [4.78, 5) is 0. The third kappa shape index (κ3) is 2.57. The number of nitrogens with two attached hydrogens (primary N) is 1. The maximum absolute atomic E-state index is 5.67. The maximum Gasteiger partial charge on any atom is 0.0511 e. The lowest BCUT2D eigenvalue weighted by molar-refractivity contribution is 0.549. The molecule has 0 spiro atoms. The third-order valence-corrected chi connectivity index (χ3v) is 4.06. The first-order chi connectivity index (χ1) is 8.26. The summed E-state index contributed by atoms with van der Waals surface area (Å²) in [6, 6.07) is 8.60. The Labute approximate surface area is 106 Å². The standard InChI is InChI=1S/C14H18N2S/c1-3-10(2)8-13(16-15)12-9-17-14-7-5-4-6-11(12)14/h4-7,9,13,16H,2-3,8,15H2,1H3. The van der Waals surface area contributed by atoms with Crippen molar-refractivity contribution in [3.63, 3.8) is 0 Å². The first-order valence-corrected chi connectivity index (χ1v) is 6.73. The zero-order valence-electron chi connectivity index (χ0n) is 10.1. The first-order valence-electron chi connectivity index (χ1n) is 5.85. The topological polar surface area (TPSA) is 38.0 Å². The van der Waals surface area contributed by atoms with Crippen molar-refractivity contribution in [2.24, 2.45) is 5.84 Å². The molecule has 2 nitrogen and oxygen atoms in total. The predicted octanol–water partition coefficient (Wildman–Crippen LogP) is 3.76. The third-order valence-electron chi connectivity index (χ3n) is 3.08. The van der Waals surface area contributed by atoms with Gasteiger partial charge in [-0.25, -0.2) is 0 Å². The van der Waals surface area contributed by atoms with E-state index in [1.54, 1.807) is 11.3 Å². The maximum atomic E-state index is 5.67. The molecule has 0 saturated heterocycles. The molecule has 0 bridgehead atoms. The van der Waals surface area contributed by atoms with Gasteiger partial charge in [-0.15, -0.1) is 11.3 Å². The van der Waals surface area contributed by atoms with Crippen molar-refractivity contribution in [1.82, 2.24) is 5.43 Å². The zero-order valence-corrected chi connectivity index (χ0v) is 10.9. The van der Waals surface area contributed by atoms with Crippen LogP contribution in [0.3, 0.4) is 0 Å². The average Bonchev–Trinajstić information content (AvgIpc) is 2.79. The van der Waals surface area contributed by atoms with Gasteiger partial charge in [0.1, 0.15) is 0 Å². The van der Waals surface area contributed by atoms with Gasteiger partial charge in [-0.3, -0.25) is 11.3 Å². The van der Waals surface area contributed by atoms with Crippen LogP contribution >= 0.6 is 11.3 Å². The summed E-state index contributed by atoms with van der Waals surface area (Å²) in [5, 5.41) is 3.49. The molecule has 0 radical (unpaired) electrons. The highest BCUT2D eigenvalue weighted by molar-refractivity contribution is 7.17. The second kappa shape index (κ2) is 5.45. The van der Waals surface area contributed by atoms with E-state index in [2.05, 4.69) is 48.6 Å². The van der Waals surface area contributed by atoms with Gasteiger partial charge >= 0.3 is 0 Å². The molecule has 17 heavy (non-hydrogen) atoms. The van der Waals surface area contributed by atoms with E-state index in [-0.39, 0.29) is 6.04 Å². The fourth-order valence-electron chi connectivity index (χ4n) is 1.96. The highest BCUT2D eigenvalue weighted by Crippen LogP contribution is 2.32. The monoisotopic (exact) mass is 246 g/mol. The minimum atomic E-state index is 0.165. The predicted molar refractivity (Wildman–Crippen MR) is 75.9 cm³/mol. The fraction of sp³-hybridized carbons (Fsp3) is 0.286. The van der Waals surface area contributed by atoms with Gasteiger partial charge in [-0.1, -0.05) is 37.3 Å². The summed E-state index contributed by atoms with van der Waals surface area (Å²) < 4.78 is 1.31. The number of hydrogen-bond donors (Lipinski definition) is 2. The number of fused-ring (bicyclic) bond motifs is 1. The molecule has 0 aliphatic carbocycles. The van der Waals surface area contributed by atoms with E-state index < -0.39 is 0 Å². The van der Waals surface area contributed by atoms with Gasteiger partial charge in [0.15, 0.2) is 0 Å². The Hall–Kier alpha value is -1.16. The van der Waals surface area contributed by atoms with E-state index in [0.717, 1.165) is 12.8 Å². The largest absolute Gasteiger partial charge is 0.271 e. The molecule has 0 fully saturated rings. The lowest BCUT2D eigenvalue weighted by Gasteiger charge is -2.16. The lowest BCUT2D eigenvalue weighted by atomic mass is 9.98. The Morgan fingerprint density at radius 1 is 1.47 bits per heavy atom. The van der Waals surface area contributed by atoms with Crippen LogP contribution in [0, 0.1) is 0 Å². The van der Waals surface area contributed by atoms with Crippen molar-refractivity contribution < 1.29 is 0 Å². The molecule has 1 aromatic carbocycles. The molecular weight excluding hydrogens is 228 g/mol. The molecule has 1 atom stereocenters. The molecule has 90 valence electrons. The van der Waals surface area contributed by atoms with Crippen molar-refractivity contribution in [3.8, 4) is 0 Å². The van der Waals surface area contributed by atoms with Crippen molar-refractivity contribution in [3.05, 3.63) is 47.4 Å². The Morgan fingerprint density at radius 3 is 2.94 bits per heavy atom. The van der Waals surface area contributed by atoms with Crippen LogP contribution in [0.5, 0.6) is 0 Å². The van der Waals surface area contributed by atoms with Crippen LogP contribution in [0.1, 0.15) is 31.4 Å². The Kier molecular flexibility index (Phi) is 3.94. The normalized spacial score (nSPS) is 12.8. The van der Waals surface area contributed by atoms with Crippen LogP contribution in [-0.2, 0) is 0 Å². The minimum Gasteiger partial charge on any atom is -0.271 e. The van der Waals surface area contributed by atoms with E-state index >= 15 is 0 Å². The van der Waals surface area contributed by atoms with Gasteiger partial charge in [-0.2, -0.15) is 0 Å². The van der Waals surface area contributed by atoms with Gasteiger partial charge in [0.05, 0.1) is 6.04 Å². The van der Waals surface area contributed by atoms with Crippen LogP contribution in [0.2, 0.25) is 0 Å². The van der Waals surface area contributed by atoms with E-state index in [4.69, 9.17) is 5.84 Å². The van der Waals surface area contributed by atoms with Crippen molar-refractivity contribution in [2.45, 2.75) is 25.8 Å². The molecule has 1 unspecified atom stereocenters. The molecule has 2 aromatic rings. The van der Waals surface area contributed by atoms with Gasteiger partial charge in [-0.05, 0) is 35.2 Å². The Morgan fingerprint density at radius 2 is 2.24 bits per heavy atom. The number of thiophene rings is 1. The Balaban J connectivity index is 2.33. The summed E-state index contributed by atoms with van der Waals surface area (Å²) in [7, 11) is 0. The summed E-state index contributed by atoms with van der Waals surface area (Å²) in [6.45, 7) is 6.19. The smallest absolute Gasteiger partial charge is 0.0511 e. The molecule has 1 aromatic heterocycles. The van der Waals surface area contributed by atoms with E-state index in [9.17, 15) is 0 Å². The zero-order chi connectivity index (χ0) is 12.3. The fourth-order valence-corrected chi connectivity index (χ4v) is 2.98. The summed E-state index contributed by atoms with van der Waals surface area (Å²) in [6.07, 6.45) is 1.90. The highest BCUT2D eigenvalue weighted by atomic mass is 32.1. The Bertz CT molecular complexity index is 516. The molecule has 3 heteroatoms. The van der Waals surface area contributed by atoms with Crippen LogP contribution in [0.25, 0.3) is 10.1 Å². The number of hydrogen-bond acceptors (Lipinski definition) is 3. The van der Waals surface area contributed by atoms with Crippen molar-refractivity contribution in [1.29, 1.82) is 0 Å². The first kappa shape index (κ1) is 12.3. The van der Waals surface area contributed by atoms with Crippen LogP contribution in [0.4, 0.5) is 0 Å². The molecule has 2 rings (SSSR count). The molecule has 1 heterocycles. The second-order valence-electron chi connectivity index (χ2n) is 4.21. The van der Waals surface area contributed by atoms with Gasteiger partial charge in [0.25, 0.3) is 0 Å². The van der Waals surface area contributed by atoms with Gasteiger partial charge < -0.3 is 0 Å². The van der Waals surface area contributed by atoms with E-state index in [0.29, 0.717) is 0 Å². The van der Waals surface area contributed by atoms with Crippen molar-refractivity contribution in [2.75, 3.05) is 0 Å². The lowest BCUT2D eigenvalue weighted by Crippen LogP contribution is -2.28. The molecule has 0 aliphatic heterocycles. The van der Waals surface area contributed by atoms with Crippen LogP contribution in [0.15, 0.2) is 41.8 Å². The van der Waals surface area contributed by atoms with Crippen molar-refractivity contribution >= 4 is 21.4 Å². The number of hydrazine groups is 1. The molecule has 0 aliphatic rings. The van der Waals surface area contributed by atoms with E-state index in [1.807, 2.05) is 0 Å². The van der Waals surface area contributed by atoms with Gasteiger partial charge in [0.2, 0.25) is 0 Å². The number of rotatable bonds is 5. The summed E-state index contributed by atoms with van der Waals surface area (Å²) in [5.41, 5.74) is 5.41. The SMILES string of the molecule is C=C(CC)CC(NN)c1csc2ccccc12. The number of nitrogens with one attached hydrogen (secondary N) is 1. The summed E-state index contributed by atoms with van der Waals surface area (Å²) in [5.74, 6) is 5.67. The average molecular weight is 246 g/mol. The minimum absolute atomic E-state index is 0.165. The molecule has 3 N–H and O–H groups in total. The molecule has 0 amide bonds. The van der Waals surface area contributed by atoms with Crippen LogP contribution < -0.4 is 11.3 Å². The number of benzene rings is 1. The quantitative estimate of drug-likeness (QED) is 0.479.